The molecule has 1 aromatic heterocycles. The van der Waals surface area contributed by atoms with Gasteiger partial charge in [0.25, 0.3) is 0 Å². The van der Waals surface area contributed by atoms with Crippen molar-refractivity contribution in [1.82, 2.24) is 4.98 Å². The second-order valence-corrected chi connectivity index (χ2v) is 6.61. The van der Waals surface area contributed by atoms with Crippen LogP contribution in [0.1, 0.15) is 17.3 Å². The number of hydrogen-bond acceptors (Lipinski definition) is 4. The third kappa shape index (κ3) is 2.26. The molecular weight excluding hydrogens is 250 g/mol. The van der Waals surface area contributed by atoms with Crippen LogP contribution in [0.5, 0.6) is 0 Å². The zero-order valence-electron chi connectivity index (χ0n) is 10.1. The van der Waals surface area contributed by atoms with E-state index in [0.29, 0.717) is 5.56 Å². The van der Waals surface area contributed by atoms with E-state index in [-0.39, 0.29) is 0 Å². The number of aromatic nitrogens is 1. The Labute approximate surface area is 106 Å². The lowest BCUT2D eigenvalue weighted by Crippen LogP contribution is -2.26. The van der Waals surface area contributed by atoms with E-state index >= 15 is 0 Å². The summed E-state index contributed by atoms with van der Waals surface area (Å²) in [4.78, 5) is 16.2. The average Bonchev–Trinajstić information content (AvgIpc) is 2.35. The van der Waals surface area contributed by atoms with Crippen molar-refractivity contribution in [2.45, 2.75) is 12.2 Å². The molecule has 2 rings (SSSR count). The highest BCUT2D eigenvalue weighted by molar-refractivity contribution is 7.92. The van der Waals surface area contributed by atoms with E-state index < -0.39 is 20.9 Å². The molecule has 0 amide bonds. The van der Waals surface area contributed by atoms with Crippen LogP contribution in [0.25, 0.3) is 10.8 Å². The zero-order chi connectivity index (χ0) is 13.3. The number of benzene rings is 1. The molecule has 5 heteroatoms. The van der Waals surface area contributed by atoms with Crippen LogP contribution in [0, 0.1) is 0 Å². The van der Waals surface area contributed by atoms with Gasteiger partial charge in [0.1, 0.15) is 5.25 Å². The molecule has 0 aliphatic carbocycles. The first-order chi connectivity index (χ1) is 8.41. The second kappa shape index (κ2) is 4.49. The molecule has 0 N–H and O–H groups in total. The van der Waals surface area contributed by atoms with Crippen LogP contribution in [-0.2, 0) is 9.84 Å². The Hall–Kier alpha value is -1.75. The molecule has 1 aromatic carbocycles. The minimum atomic E-state index is -3.40. The number of hydrogen-bond donors (Lipinski definition) is 0. The molecule has 0 saturated heterocycles. The largest absolute Gasteiger partial charge is 0.293 e. The standard InChI is InChI=1S/C13H13NO3S/c1-9(18(2,16)17)13(15)12-8-14-7-10-5-3-4-6-11(10)12/h3-9H,1-2H3. The van der Waals surface area contributed by atoms with Gasteiger partial charge in [-0.3, -0.25) is 9.78 Å². The van der Waals surface area contributed by atoms with Gasteiger partial charge in [-0.25, -0.2) is 8.42 Å². The molecule has 0 saturated carbocycles. The normalized spacial score (nSPS) is 13.4. The lowest BCUT2D eigenvalue weighted by molar-refractivity contribution is 0.0993. The van der Waals surface area contributed by atoms with Gasteiger partial charge in [-0.05, 0) is 12.3 Å². The Bertz CT molecular complexity index is 702. The van der Waals surface area contributed by atoms with Crippen LogP contribution in [0.2, 0.25) is 0 Å². The summed E-state index contributed by atoms with van der Waals surface area (Å²) in [6, 6.07) is 7.28. The highest BCUT2D eigenvalue weighted by atomic mass is 32.2. The fourth-order valence-corrected chi connectivity index (χ4v) is 2.24. The van der Waals surface area contributed by atoms with E-state index in [0.717, 1.165) is 17.0 Å². The van der Waals surface area contributed by atoms with E-state index in [1.165, 1.54) is 13.1 Å². The van der Waals surface area contributed by atoms with Crippen molar-refractivity contribution < 1.29 is 13.2 Å². The van der Waals surface area contributed by atoms with Crippen molar-refractivity contribution in [3.8, 4) is 0 Å². The first kappa shape index (κ1) is 12.7. The number of ketones is 1. The molecule has 94 valence electrons. The average molecular weight is 263 g/mol. The maximum absolute atomic E-state index is 12.2. The molecule has 0 fully saturated rings. The van der Waals surface area contributed by atoms with Gasteiger partial charge in [-0.1, -0.05) is 24.3 Å². The fourth-order valence-electron chi connectivity index (χ4n) is 1.73. The first-order valence-corrected chi connectivity index (χ1v) is 7.42. The summed E-state index contributed by atoms with van der Waals surface area (Å²) in [5.41, 5.74) is 0.353. The molecule has 18 heavy (non-hydrogen) atoms. The number of carbonyl (C=O) groups excluding carboxylic acids is 1. The Morgan fingerprint density at radius 3 is 2.56 bits per heavy atom. The van der Waals surface area contributed by atoms with E-state index in [1.54, 1.807) is 12.3 Å². The van der Waals surface area contributed by atoms with Gasteiger partial charge in [0.05, 0.1) is 0 Å². The smallest absolute Gasteiger partial charge is 0.182 e. The summed E-state index contributed by atoms with van der Waals surface area (Å²) >= 11 is 0. The SMILES string of the molecule is CC(C(=O)c1cncc2ccccc12)S(C)(=O)=O. The molecule has 0 radical (unpaired) electrons. The van der Waals surface area contributed by atoms with Crippen molar-refractivity contribution >= 4 is 26.4 Å². The highest BCUT2D eigenvalue weighted by Gasteiger charge is 2.26. The Morgan fingerprint density at radius 2 is 1.89 bits per heavy atom. The predicted octanol–water partition coefficient (Wildman–Crippen LogP) is 1.85. The molecule has 1 unspecified atom stereocenters. The lowest BCUT2D eigenvalue weighted by Gasteiger charge is -2.10. The van der Waals surface area contributed by atoms with Crippen LogP contribution in [0.4, 0.5) is 0 Å². The zero-order valence-corrected chi connectivity index (χ0v) is 10.9. The van der Waals surface area contributed by atoms with E-state index in [1.807, 2.05) is 18.2 Å². The molecule has 2 aromatic rings. The van der Waals surface area contributed by atoms with Gasteiger partial charge >= 0.3 is 0 Å². The molecule has 0 aliphatic rings. The number of nitrogens with zero attached hydrogens (tertiary/aromatic N) is 1. The van der Waals surface area contributed by atoms with Crippen molar-refractivity contribution in [2.75, 3.05) is 6.26 Å². The maximum atomic E-state index is 12.2. The second-order valence-electron chi connectivity index (χ2n) is 4.24. The van der Waals surface area contributed by atoms with Crippen molar-refractivity contribution in [3.63, 3.8) is 0 Å². The Morgan fingerprint density at radius 1 is 1.22 bits per heavy atom. The highest BCUT2D eigenvalue weighted by Crippen LogP contribution is 2.19. The quantitative estimate of drug-likeness (QED) is 0.793. The van der Waals surface area contributed by atoms with Crippen molar-refractivity contribution in [2.24, 2.45) is 0 Å². The van der Waals surface area contributed by atoms with Gasteiger partial charge in [0.2, 0.25) is 0 Å². The first-order valence-electron chi connectivity index (χ1n) is 5.47. The number of rotatable bonds is 3. The predicted molar refractivity (Wildman–Crippen MR) is 70.4 cm³/mol. The van der Waals surface area contributed by atoms with Crippen molar-refractivity contribution in [1.29, 1.82) is 0 Å². The minimum Gasteiger partial charge on any atom is -0.293 e. The Kier molecular flexibility index (Phi) is 3.17. The third-order valence-electron chi connectivity index (χ3n) is 2.95. The third-order valence-corrected chi connectivity index (χ3v) is 4.44. The number of pyridine rings is 1. The van der Waals surface area contributed by atoms with Gasteiger partial charge in [0, 0.05) is 29.6 Å². The summed E-state index contributed by atoms with van der Waals surface area (Å²) in [5.74, 6) is -0.415. The molecule has 1 atom stereocenters. The number of carbonyl (C=O) groups is 1. The summed E-state index contributed by atoms with van der Waals surface area (Å²) in [7, 11) is -3.40. The van der Waals surface area contributed by atoms with Crippen LogP contribution < -0.4 is 0 Å². The van der Waals surface area contributed by atoms with Crippen LogP contribution >= 0.6 is 0 Å². The van der Waals surface area contributed by atoms with Crippen LogP contribution in [-0.4, -0.2) is 30.7 Å². The van der Waals surface area contributed by atoms with E-state index in [2.05, 4.69) is 4.98 Å². The van der Waals surface area contributed by atoms with Crippen molar-refractivity contribution in [3.05, 3.63) is 42.2 Å². The lowest BCUT2D eigenvalue weighted by atomic mass is 10.0. The molecule has 4 nitrogen and oxygen atoms in total. The summed E-state index contributed by atoms with van der Waals surface area (Å²) in [5, 5.41) is 0.502. The molecular formula is C13H13NO3S. The van der Waals surface area contributed by atoms with Gasteiger partial charge in [0.15, 0.2) is 15.6 Å². The number of Topliss-reactive ketones (excluding diaryl/α,β-unsaturated/α-hetero) is 1. The van der Waals surface area contributed by atoms with Crippen LogP contribution in [0.15, 0.2) is 36.7 Å². The fraction of sp³-hybridized carbons (Fsp3) is 0.231. The van der Waals surface area contributed by atoms with Gasteiger partial charge in [-0.15, -0.1) is 0 Å². The molecule has 1 heterocycles. The summed E-state index contributed by atoms with van der Waals surface area (Å²) < 4.78 is 22.9. The monoisotopic (exact) mass is 263 g/mol. The summed E-state index contributed by atoms with van der Waals surface area (Å²) in [6.45, 7) is 1.40. The molecule has 0 aliphatic heterocycles. The van der Waals surface area contributed by atoms with E-state index in [4.69, 9.17) is 0 Å². The van der Waals surface area contributed by atoms with Crippen LogP contribution in [0.3, 0.4) is 0 Å². The summed E-state index contributed by atoms with van der Waals surface area (Å²) in [6.07, 6.45) is 4.14. The minimum absolute atomic E-state index is 0.353. The van der Waals surface area contributed by atoms with Gasteiger partial charge in [-0.2, -0.15) is 0 Å². The van der Waals surface area contributed by atoms with E-state index in [9.17, 15) is 13.2 Å². The Balaban J connectivity index is 2.59. The number of fused-ring (bicyclic) bond motifs is 1. The molecule has 0 spiro atoms. The number of sulfone groups is 1. The molecule has 0 bridgehead atoms. The van der Waals surface area contributed by atoms with Gasteiger partial charge < -0.3 is 0 Å². The maximum Gasteiger partial charge on any atom is 0.182 e. The topological polar surface area (TPSA) is 64.1 Å².